The molecule has 0 bridgehead atoms. The molecule has 2 aliphatic rings. The lowest BCUT2D eigenvalue weighted by atomic mass is 10.1. The Kier molecular flexibility index (Phi) is 1.83. The Morgan fingerprint density at radius 3 is 2.85 bits per heavy atom. The van der Waals surface area contributed by atoms with Gasteiger partial charge in [0.1, 0.15) is 6.10 Å². The van der Waals surface area contributed by atoms with Gasteiger partial charge < -0.3 is 19.9 Å². The Hall–Kier alpha value is -0.650. The van der Waals surface area contributed by atoms with Gasteiger partial charge in [-0.05, 0) is 13.8 Å². The van der Waals surface area contributed by atoms with Gasteiger partial charge in [-0.2, -0.15) is 0 Å². The molecule has 2 aliphatic heterocycles. The van der Waals surface area contributed by atoms with E-state index in [4.69, 9.17) is 14.6 Å². The highest BCUT2D eigenvalue weighted by atomic mass is 16.8. The highest BCUT2D eigenvalue weighted by Crippen LogP contribution is 2.33. The summed E-state index contributed by atoms with van der Waals surface area (Å²) in [6, 6.07) is -0.334. The van der Waals surface area contributed by atoms with E-state index in [2.05, 4.69) is 5.32 Å². The topological polar surface area (TPSA) is 67.8 Å². The van der Waals surface area contributed by atoms with Crippen molar-refractivity contribution in [2.45, 2.75) is 37.9 Å². The zero-order valence-electron chi connectivity index (χ0n) is 7.61. The quantitative estimate of drug-likeness (QED) is 0.552. The lowest BCUT2D eigenvalue weighted by Crippen LogP contribution is -2.38. The number of carbonyl (C=O) groups excluding carboxylic acids is 1. The lowest BCUT2D eigenvalue weighted by molar-refractivity contribution is -0.163. The zero-order valence-corrected chi connectivity index (χ0v) is 7.61. The van der Waals surface area contributed by atoms with Gasteiger partial charge in [-0.3, -0.25) is 4.79 Å². The minimum absolute atomic E-state index is 0.119. The van der Waals surface area contributed by atoms with Gasteiger partial charge in [0, 0.05) is 0 Å². The molecule has 1 amide bonds. The number of ether oxygens (including phenoxy) is 2. The lowest BCUT2D eigenvalue weighted by Gasteiger charge is -2.20. The third kappa shape index (κ3) is 1.33. The maximum absolute atomic E-state index is 11.3. The summed E-state index contributed by atoms with van der Waals surface area (Å²) in [6.45, 7) is 3.40. The molecule has 0 spiro atoms. The number of amides is 1. The average molecular weight is 187 g/mol. The van der Waals surface area contributed by atoms with Crippen LogP contribution in [0, 0.1) is 0 Å². The smallest absolute Gasteiger partial charge is 0.252 e. The van der Waals surface area contributed by atoms with Gasteiger partial charge in [0.05, 0.1) is 12.6 Å². The van der Waals surface area contributed by atoms with E-state index in [1.54, 1.807) is 13.8 Å². The summed E-state index contributed by atoms with van der Waals surface area (Å²) in [5, 5.41) is 11.6. The summed E-state index contributed by atoms with van der Waals surface area (Å²) in [6.07, 6.45) is -0.917. The van der Waals surface area contributed by atoms with E-state index in [1.807, 2.05) is 0 Å². The van der Waals surface area contributed by atoms with Crippen molar-refractivity contribution in [1.29, 1.82) is 0 Å². The van der Waals surface area contributed by atoms with E-state index in [0.717, 1.165) is 0 Å². The highest BCUT2D eigenvalue weighted by Gasteiger charge is 2.53. The van der Waals surface area contributed by atoms with Gasteiger partial charge in [0.25, 0.3) is 5.91 Å². The minimum Gasteiger partial charge on any atom is -0.394 e. The number of fused-ring (bicyclic) bond motifs is 1. The number of nitrogens with one attached hydrogen (secondary N) is 1. The number of aliphatic hydroxyl groups excluding tert-OH is 1. The Balaban J connectivity index is 2.17. The maximum Gasteiger partial charge on any atom is 0.252 e. The monoisotopic (exact) mass is 187 g/mol. The minimum atomic E-state index is -0.722. The molecule has 0 radical (unpaired) electrons. The van der Waals surface area contributed by atoms with E-state index < -0.39 is 11.9 Å². The molecular weight excluding hydrogens is 174 g/mol. The van der Waals surface area contributed by atoms with Crippen LogP contribution in [0.1, 0.15) is 13.8 Å². The van der Waals surface area contributed by atoms with Crippen LogP contribution in [0.5, 0.6) is 0 Å². The van der Waals surface area contributed by atoms with Crippen molar-refractivity contribution in [3.05, 3.63) is 0 Å². The van der Waals surface area contributed by atoms with Crippen molar-refractivity contribution in [1.82, 2.24) is 5.32 Å². The van der Waals surface area contributed by atoms with Crippen LogP contribution >= 0.6 is 0 Å². The molecule has 2 rings (SSSR count). The number of rotatable bonds is 1. The first kappa shape index (κ1) is 8.93. The molecule has 0 unspecified atom stereocenters. The number of carbonyl (C=O) groups is 1. The first-order chi connectivity index (χ1) is 6.03. The van der Waals surface area contributed by atoms with Crippen molar-refractivity contribution in [3.63, 3.8) is 0 Å². The van der Waals surface area contributed by atoms with E-state index >= 15 is 0 Å². The zero-order chi connectivity index (χ0) is 9.64. The second kappa shape index (κ2) is 2.67. The second-order valence-electron chi connectivity index (χ2n) is 3.82. The molecular formula is C8H13NO4. The summed E-state index contributed by atoms with van der Waals surface area (Å²) in [7, 11) is 0. The van der Waals surface area contributed by atoms with Crippen LogP contribution in [-0.4, -0.2) is 41.7 Å². The molecule has 0 aromatic rings. The van der Waals surface area contributed by atoms with Crippen molar-refractivity contribution >= 4 is 5.91 Å². The number of hydrogen-bond acceptors (Lipinski definition) is 4. The molecule has 5 nitrogen and oxygen atoms in total. The van der Waals surface area contributed by atoms with E-state index in [0.29, 0.717) is 0 Å². The summed E-state index contributed by atoms with van der Waals surface area (Å²) >= 11 is 0. The molecule has 0 aliphatic carbocycles. The third-order valence-electron chi connectivity index (χ3n) is 2.31. The molecule has 2 fully saturated rings. The molecule has 74 valence electrons. The number of aliphatic hydroxyl groups is 1. The SMILES string of the molecule is CC1(C)O[C@@H]2[C@H](O1)C(=O)N[C@@H]2CO. The van der Waals surface area contributed by atoms with Crippen molar-refractivity contribution in [3.8, 4) is 0 Å². The fraction of sp³-hybridized carbons (Fsp3) is 0.875. The van der Waals surface area contributed by atoms with E-state index in [1.165, 1.54) is 0 Å². The van der Waals surface area contributed by atoms with Gasteiger partial charge in [0.15, 0.2) is 11.9 Å². The van der Waals surface area contributed by atoms with Gasteiger partial charge >= 0.3 is 0 Å². The molecule has 5 heteroatoms. The molecule has 13 heavy (non-hydrogen) atoms. The first-order valence-electron chi connectivity index (χ1n) is 4.30. The van der Waals surface area contributed by atoms with Crippen LogP contribution in [0.2, 0.25) is 0 Å². The molecule has 0 aromatic carbocycles. The molecule has 0 aromatic heterocycles. The maximum atomic E-state index is 11.3. The van der Waals surface area contributed by atoms with Crippen LogP contribution < -0.4 is 5.32 Å². The Labute approximate surface area is 76.0 Å². The third-order valence-corrected chi connectivity index (χ3v) is 2.31. The van der Waals surface area contributed by atoms with Crippen molar-refractivity contribution in [2.75, 3.05) is 6.61 Å². The molecule has 3 atom stereocenters. The fourth-order valence-corrected chi connectivity index (χ4v) is 1.78. The van der Waals surface area contributed by atoms with Gasteiger partial charge in [-0.15, -0.1) is 0 Å². The number of hydrogen-bond donors (Lipinski definition) is 2. The summed E-state index contributed by atoms with van der Waals surface area (Å²) in [5.41, 5.74) is 0. The second-order valence-corrected chi connectivity index (χ2v) is 3.82. The molecule has 2 saturated heterocycles. The highest BCUT2D eigenvalue weighted by molar-refractivity contribution is 5.85. The molecule has 2 heterocycles. The Morgan fingerprint density at radius 2 is 2.23 bits per heavy atom. The van der Waals surface area contributed by atoms with Gasteiger partial charge in [-0.1, -0.05) is 0 Å². The van der Waals surface area contributed by atoms with Gasteiger partial charge in [0.2, 0.25) is 0 Å². The predicted octanol–water partition coefficient (Wildman–Crippen LogP) is -1.00. The fourth-order valence-electron chi connectivity index (χ4n) is 1.78. The van der Waals surface area contributed by atoms with Crippen molar-refractivity contribution < 1.29 is 19.4 Å². The van der Waals surface area contributed by atoms with E-state index in [9.17, 15) is 4.79 Å². The molecule has 0 saturated carbocycles. The van der Waals surface area contributed by atoms with E-state index in [-0.39, 0.29) is 24.7 Å². The Bertz CT molecular complexity index is 240. The Morgan fingerprint density at radius 1 is 1.54 bits per heavy atom. The van der Waals surface area contributed by atoms with Gasteiger partial charge in [-0.25, -0.2) is 0 Å². The summed E-state index contributed by atoms with van der Waals surface area (Å²) in [4.78, 5) is 11.3. The normalized spacial score (nSPS) is 41.8. The van der Waals surface area contributed by atoms with Crippen LogP contribution in [0.25, 0.3) is 0 Å². The van der Waals surface area contributed by atoms with Crippen LogP contribution in [0.4, 0.5) is 0 Å². The molecule has 2 N–H and O–H groups in total. The van der Waals surface area contributed by atoms with Crippen LogP contribution in [0.15, 0.2) is 0 Å². The summed E-state index contributed by atoms with van der Waals surface area (Å²) < 4.78 is 10.9. The van der Waals surface area contributed by atoms with Crippen LogP contribution in [0.3, 0.4) is 0 Å². The average Bonchev–Trinajstić information content (AvgIpc) is 2.47. The van der Waals surface area contributed by atoms with Crippen LogP contribution in [-0.2, 0) is 14.3 Å². The largest absolute Gasteiger partial charge is 0.394 e. The standard InChI is InChI=1S/C8H13NO4/c1-8(2)12-5-4(3-10)9-7(11)6(5)13-8/h4-6,10H,3H2,1-2H3,(H,9,11)/t4-,5+,6+/m1/s1. The first-order valence-corrected chi connectivity index (χ1v) is 4.30. The predicted molar refractivity (Wildman–Crippen MR) is 42.8 cm³/mol. The van der Waals surface area contributed by atoms with Crippen molar-refractivity contribution in [2.24, 2.45) is 0 Å². The summed E-state index contributed by atoms with van der Waals surface area (Å²) in [5.74, 6) is -0.921.